The number of hydrogen-bond acceptors (Lipinski definition) is 2. The maximum Gasteiger partial charge on any atom is 0.305 e. The fourth-order valence-corrected chi connectivity index (χ4v) is 3.09. The lowest BCUT2D eigenvalue weighted by molar-refractivity contribution is -0.137. The van der Waals surface area contributed by atoms with Crippen molar-refractivity contribution in [3.63, 3.8) is 0 Å². The van der Waals surface area contributed by atoms with Gasteiger partial charge in [0, 0.05) is 6.04 Å². The smallest absolute Gasteiger partial charge is 0.305 e. The largest absolute Gasteiger partial charge is 0.481 e. The first-order valence-electron chi connectivity index (χ1n) is 7.63. The van der Waals surface area contributed by atoms with E-state index in [1.807, 2.05) is 0 Å². The van der Waals surface area contributed by atoms with Gasteiger partial charge in [-0.25, -0.2) is 0 Å². The molecule has 0 unspecified atom stereocenters. The molecule has 0 aliphatic rings. The van der Waals surface area contributed by atoms with E-state index in [0.29, 0.717) is 32.1 Å². The molecule has 0 bridgehead atoms. The quantitative estimate of drug-likeness (QED) is 0.640. The number of hydrogen-bond donors (Lipinski definition) is 2. The molecule has 2 rings (SSSR count). The van der Waals surface area contributed by atoms with Gasteiger partial charge in [0.05, 0.1) is 32.9 Å². The van der Waals surface area contributed by atoms with Gasteiger partial charge >= 0.3 is 5.97 Å². The predicted octanol–water partition coefficient (Wildman–Crippen LogP) is 5.04. The maximum absolute atomic E-state index is 12.3. The van der Waals surface area contributed by atoms with Crippen LogP contribution in [0.15, 0.2) is 36.4 Å². The molecule has 0 saturated carbocycles. The van der Waals surface area contributed by atoms with Crippen molar-refractivity contribution in [3.8, 4) is 0 Å². The Labute approximate surface area is 171 Å². The summed E-state index contributed by atoms with van der Waals surface area (Å²) in [5.74, 6) is -1.32. The standard InChI is InChI=1S/C18H15Cl4NO3/c19-13-3-1-10(6-15(13)21)5-12(9-18(25)26)23-17(24)8-11-2-4-14(20)16(22)7-11/h1-4,6-7,12H,5,8-9H2,(H,23,24)(H,25,26)/t12-/m0/s1. The number of carboxylic acid groups (broad SMARTS) is 1. The topological polar surface area (TPSA) is 66.4 Å². The maximum atomic E-state index is 12.3. The third-order valence-electron chi connectivity index (χ3n) is 3.60. The van der Waals surface area contributed by atoms with Crippen LogP contribution in [-0.4, -0.2) is 23.0 Å². The summed E-state index contributed by atoms with van der Waals surface area (Å²) >= 11 is 23.7. The third-order valence-corrected chi connectivity index (χ3v) is 5.08. The first-order chi connectivity index (χ1) is 12.2. The van der Waals surface area contributed by atoms with Crippen molar-refractivity contribution >= 4 is 58.3 Å². The molecule has 2 aromatic rings. The molecular weight excluding hydrogens is 420 g/mol. The van der Waals surface area contributed by atoms with Gasteiger partial charge < -0.3 is 10.4 Å². The van der Waals surface area contributed by atoms with Gasteiger partial charge in [-0.3, -0.25) is 9.59 Å². The molecule has 0 spiro atoms. The van der Waals surface area contributed by atoms with E-state index >= 15 is 0 Å². The number of carboxylic acids is 1. The molecule has 0 radical (unpaired) electrons. The molecule has 4 nitrogen and oxygen atoms in total. The van der Waals surface area contributed by atoms with E-state index in [1.54, 1.807) is 36.4 Å². The molecule has 0 aliphatic carbocycles. The fraction of sp³-hybridized carbons (Fsp3) is 0.222. The lowest BCUT2D eigenvalue weighted by Crippen LogP contribution is -2.39. The lowest BCUT2D eigenvalue weighted by atomic mass is 10.0. The van der Waals surface area contributed by atoms with Crippen molar-refractivity contribution < 1.29 is 14.7 Å². The average Bonchev–Trinajstić information content (AvgIpc) is 2.53. The number of aliphatic carboxylic acids is 1. The van der Waals surface area contributed by atoms with Gasteiger partial charge in [0.1, 0.15) is 0 Å². The second-order valence-electron chi connectivity index (χ2n) is 5.74. The predicted molar refractivity (Wildman–Crippen MR) is 105 cm³/mol. The molecule has 26 heavy (non-hydrogen) atoms. The molecular formula is C18H15Cl4NO3. The zero-order valence-corrected chi connectivity index (χ0v) is 16.5. The van der Waals surface area contributed by atoms with Crippen LogP contribution < -0.4 is 5.32 Å². The zero-order valence-electron chi connectivity index (χ0n) is 13.4. The van der Waals surface area contributed by atoms with Gasteiger partial charge in [-0.2, -0.15) is 0 Å². The van der Waals surface area contributed by atoms with E-state index < -0.39 is 12.0 Å². The second kappa shape index (κ2) is 9.47. The number of benzene rings is 2. The highest BCUT2D eigenvalue weighted by molar-refractivity contribution is 6.42. The van der Waals surface area contributed by atoms with Crippen LogP contribution in [-0.2, 0) is 22.4 Å². The molecule has 1 amide bonds. The van der Waals surface area contributed by atoms with Crippen molar-refractivity contribution in [2.75, 3.05) is 0 Å². The van der Waals surface area contributed by atoms with Gasteiger partial charge in [-0.15, -0.1) is 0 Å². The number of carbonyl (C=O) groups is 2. The van der Waals surface area contributed by atoms with Crippen LogP contribution in [0.4, 0.5) is 0 Å². The Morgan fingerprint density at radius 1 is 0.885 bits per heavy atom. The SMILES string of the molecule is O=C(O)C[C@H](Cc1ccc(Cl)c(Cl)c1)NC(=O)Cc1ccc(Cl)c(Cl)c1. The second-order valence-corrected chi connectivity index (χ2v) is 7.37. The Morgan fingerprint density at radius 3 is 1.96 bits per heavy atom. The molecule has 138 valence electrons. The Morgan fingerprint density at radius 2 is 1.42 bits per heavy atom. The van der Waals surface area contributed by atoms with Gasteiger partial charge in [0.2, 0.25) is 5.91 Å². The van der Waals surface area contributed by atoms with E-state index in [2.05, 4.69) is 5.32 Å². The van der Waals surface area contributed by atoms with Crippen LogP contribution in [0.3, 0.4) is 0 Å². The summed E-state index contributed by atoms with van der Waals surface area (Å²) in [5.41, 5.74) is 1.46. The highest BCUT2D eigenvalue weighted by atomic mass is 35.5. The van der Waals surface area contributed by atoms with Gasteiger partial charge in [-0.1, -0.05) is 58.5 Å². The Kier molecular flexibility index (Phi) is 7.59. The molecule has 2 aromatic carbocycles. The third kappa shape index (κ3) is 6.36. The van der Waals surface area contributed by atoms with E-state index in [0.717, 1.165) is 5.56 Å². The number of nitrogens with one attached hydrogen (secondary N) is 1. The highest BCUT2D eigenvalue weighted by Gasteiger charge is 2.18. The van der Waals surface area contributed by atoms with Crippen LogP contribution in [0.5, 0.6) is 0 Å². The van der Waals surface area contributed by atoms with Crippen LogP contribution in [0.25, 0.3) is 0 Å². The highest BCUT2D eigenvalue weighted by Crippen LogP contribution is 2.24. The average molecular weight is 435 g/mol. The molecule has 8 heteroatoms. The van der Waals surface area contributed by atoms with Gasteiger partial charge in [0.15, 0.2) is 0 Å². The normalized spacial score (nSPS) is 11.8. The summed E-state index contributed by atoms with van der Waals surface area (Å²) in [5, 5.41) is 13.4. The summed E-state index contributed by atoms with van der Waals surface area (Å²) in [7, 11) is 0. The van der Waals surface area contributed by atoms with Crippen LogP contribution in [0.2, 0.25) is 20.1 Å². The van der Waals surface area contributed by atoms with Crippen molar-refractivity contribution in [3.05, 3.63) is 67.6 Å². The molecule has 1 atom stereocenters. The van der Waals surface area contributed by atoms with Crippen molar-refractivity contribution in [2.45, 2.75) is 25.3 Å². The van der Waals surface area contributed by atoms with Crippen LogP contribution in [0, 0.1) is 0 Å². The van der Waals surface area contributed by atoms with Gasteiger partial charge in [0.25, 0.3) is 0 Å². The minimum absolute atomic E-state index is 0.0639. The summed E-state index contributed by atoms with van der Waals surface area (Å²) in [4.78, 5) is 23.4. The summed E-state index contributed by atoms with van der Waals surface area (Å²) in [6, 6.07) is 9.36. The van der Waals surface area contributed by atoms with E-state index in [9.17, 15) is 9.59 Å². The number of halogens is 4. The molecule has 0 saturated heterocycles. The van der Waals surface area contributed by atoms with Crippen molar-refractivity contribution in [1.29, 1.82) is 0 Å². The number of amides is 1. The van der Waals surface area contributed by atoms with Crippen LogP contribution >= 0.6 is 46.4 Å². The Bertz CT molecular complexity index is 826. The van der Waals surface area contributed by atoms with Crippen LogP contribution in [0.1, 0.15) is 17.5 Å². The van der Waals surface area contributed by atoms with Crippen molar-refractivity contribution in [2.24, 2.45) is 0 Å². The fourth-order valence-electron chi connectivity index (χ4n) is 2.45. The Balaban J connectivity index is 2.05. The summed E-state index contributed by atoms with van der Waals surface area (Å²) < 4.78 is 0. The van der Waals surface area contributed by atoms with Crippen molar-refractivity contribution in [1.82, 2.24) is 5.32 Å². The minimum atomic E-state index is -1.01. The molecule has 0 fully saturated rings. The minimum Gasteiger partial charge on any atom is -0.481 e. The van der Waals surface area contributed by atoms with E-state index in [4.69, 9.17) is 51.5 Å². The first kappa shape index (κ1) is 20.8. The van der Waals surface area contributed by atoms with Gasteiger partial charge in [-0.05, 0) is 41.8 Å². The first-order valence-corrected chi connectivity index (χ1v) is 9.15. The molecule has 0 heterocycles. The zero-order chi connectivity index (χ0) is 19.3. The summed E-state index contributed by atoms with van der Waals surface area (Å²) in [6.07, 6.45) is 0.165. The van der Waals surface area contributed by atoms with E-state index in [1.165, 1.54) is 0 Å². The Hall–Kier alpha value is -1.46. The molecule has 0 aliphatic heterocycles. The summed E-state index contributed by atoms with van der Waals surface area (Å²) in [6.45, 7) is 0. The number of carbonyl (C=O) groups excluding carboxylic acids is 1. The number of rotatable bonds is 7. The van der Waals surface area contributed by atoms with E-state index in [-0.39, 0.29) is 18.7 Å². The monoisotopic (exact) mass is 433 g/mol. The molecule has 2 N–H and O–H groups in total. The molecule has 0 aromatic heterocycles. The lowest BCUT2D eigenvalue weighted by Gasteiger charge is -2.17.